The van der Waals surface area contributed by atoms with Gasteiger partial charge in [-0.05, 0) is 36.8 Å². The van der Waals surface area contributed by atoms with Crippen LogP contribution in [0.1, 0.15) is 44.4 Å². The van der Waals surface area contributed by atoms with E-state index in [0.29, 0.717) is 6.04 Å². The van der Waals surface area contributed by atoms with E-state index in [1.54, 1.807) is 0 Å². The van der Waals surface area contributed by atoms with E-state index >= 15 is 0 Å². The predicted molar refractivity (Wildman–Crippen MR) is 77.6 cm³/mol. The summed E-state index contributed by atoms with van der Waals surface area (Å²) < 4.78 is 0. The molecule has 3 unspecified atom stereocenters. The maximum absolute atomic E-state index is 6.33. The largest absolute Gasteiger partial charge is 0.323 e. The Hall–Kier alpha value is -0.860. The van der Waals surface area contributed by atoms with E-state index in [4.69, 9.17) is 5.73 Å². The molecule has 100 valence electrons. The molecule has 1 heterocycles. The van der Waals surface area contributed by atoms with Gasteiger partial charge in [0.25, 0.3) is 0 Å². The summed E-state index contributed by atoms with van der Waals surface area (Å²) in [5.41, 5.74) is 8.98. The maximum Gasteiger partial charge on any atom is 0.0424 e. The van der Waals surface area contributed by atoms with Crippen LogP contribution in [0.15, 0.2) is 24.3 Å². The second-order valence-corrected chi connectivity index (χ2v) is 5.85. The predicted octanol–water partition coefficient (Wildman–Crippen LogP) is 2.98. The fourth-order valence-corrected chi connectivity index (χ4v) is 3.00. The van der Waals surface area contributed by atoms with Gasteiger partial charge in [-0.25, -0.2) is 0 Å². The van der Waals surface area contributed by atoms with E-state index in [2.05, 4.69) is 49.9 Å². The molecule has 1 aliphatic rings. The molecule has 1 aliphatic heterocycles. The first-order valence-corrected chi connectivity index (χ1v) is 7.18. The van der Waals surface area contributed by atoms with E-state index in [9.17, 15) is 0 Å². The Kier molecular flexibility index (Phi) is 4.41. The van der Waals surface area contributed by atoms with Crippen molar-refractivity contribution in [3.63, 3.8) is 0 Å². The minimum absolute atomic E-state index is 0.142. The number of rotatable bonds is 4. The summed E-state index contributed by atoms with van der Waals surface area (Å²) in [6.07, 6.45) is 2.40. The van der Waals surface area contributed by atoms with Crippen molar-refractivity contribution in [1.29, 1.82) is 0 Å². The summed E-state index contributed by atoms with van der Waals surface area (Å²) in [7, 11) is 0. The van der Waals surface area contributed by atoms with Gasteiger partial charge < -0.3 is 5.73 Å². The lowest BCUT2D eigenvalue weighted by molar-refractivity contribution is 0.249. The van der Waals surface area contributed by atoms with Crippen molar-refractivity contribution in [3.05, 3.63) is 35.4 Å². The molecule has 1 saturated heterocycles. The van der Waals surface area contributed by atoms with E-state index in [1.165, 1.54) is 24.1 Å². The molecule has 1 aromatic carbocycles. The SMILES string of the molecule is CCc1ccc(C(N)CN2CC(C)CC2C)cc1. The molecule has 0 radical (unpaired) electrons. The molecule has 1 fully saturated rings. The summed E-state index contributed by atoms with van der Waals surface area (Å²) in [6.45, 7) is 9.01. The molecular weight excluding hydrogens is 220 g/mol. The third kappa shape index (κ3) is 3.12. The highest BCUT2D eigenvalue weighted by atomic mass is 15.2. The second kappa shape index (κ2) is 5.85. The molecule has 1 aromatic rings. The maximum atomic E-state index is 6.33. The lowest BCUT2D eigenvalue weighted by atomic mass is 10.0. The fourth-order valence-electron chi connectivity index (χ4n) is 3.00. The zero-order chi connectivity index (χ0) is 13.1. The highest BCUT2D eigenvalue weighted by Crippen LogP contribution is 2.24. The first-order valence-electron chi connectivity index (χ1n) is 7.18. The molecule has 0 spiro atoms. The van der Waals surface area contributed by atoms with Crippen LogP contribution in [0.25, 0.3) is 0 Å². The summed E-state index contributed by atoms with van der Waals surface area (Å²) in [6, 6.07) is 9.60. The molecule has 18 heavy (non-hydrogen) atoms. The van der Waals surface area contributed by atoms with E-state index in [1.807, 2.05) is 0 Å². The van der Waals surface area contributed by atoms with Gasteiger partial charge in [-0.15, -0.1) is 0 Å². The molecule has 2 nitrogen and oxygen atoms in total. The number of hydrogen-bond acceptors (Lipinski definition) is 2. The van der Waals surface area contributed by atoms with Crippen LogP contribution >= 0.6 is 0 Å². The average Bonchev–Trinajstić information content (AvgIpc) is 2.68. The third-order valence-electron chi connectivity index (χ3n) is 4.16. The number of aryl methyl sites for hydroxylation is 1. The average molecular weight is 246 g/mol. The normalized spacial score (nSPS) is 26.4. The van der Waals surface area contributed by atoms with Gasteiger partial charge in [0.1, 0.15) is 0 Å². The molecule has 0 amide bonds. The van der Waals surface area contributed by atoms with Gasteiger partial charge in [-0.2, -0.15) is 0 Å². The standard InChI is InChI=1S/C16H26N2/c1-4-14-5-7-15(8-6-14)16(17)11-18-10-12(2)9-13(18)3/h5-8,12-13,16H,4,9-11,17H2,1-3H3. The zero-order valence-electron chi connectivity index (χ0n) is 11.9. The van der Waals surface area contributed by atoms with Gasteiger partial charge in [-0.1, -0.05) is 38.1 Å². The van der Waals surface area contributed by atoms with E-state index < -0.39 is 0 Å². The molecule has 0 bridgehead atoms. The Morgan fingerprint density at radius 2 is 1.94 bits per heavy atom. The van der Waals surface area contributed by atoms with Crippen molar-refractivity contribution in [2.24, 2.45) is 11.7 Å². The highest BCUT2D eigenvalue weighted by molar-refractivity contribution is 5.25. The van der Waals surface area contributed by atoms with Crippen molar-refractivity contribution >= 4 is 0 Å². The lowest BCUT2D eigenvalue weighted by Gasteiger charge is -2.25. The minimum atomic E-state index is 0.142. The Morgan fingerprint density at radius 1 is 1.28 bits per heavy atom. The Balaban J connectivity index is 1.96. The van der Waals surface area contributed by atoms with Gasteiger partial charge in [0.05, 0.1) is 0 Å². The lowest BCUT2D eigenvalue weighted by Crippen LogP contribution is -2.34. The molecular formula is C16H26N2. The zero-order valence-corrected chi connectivity index (χ0v) is 11.9. The van der Waals surface area contributed by atoms with Crippen molar-refractivity contribution in [2.45, 2.75) is 45.7 Å². The molecule has 2 N–H and O–H groups in total. The van der Waals surface area contributed by atoms with Crippen LogP contribution in [-0.4, -0.2) is 24.0 Å². The Morgan fingerprint density at radius 3 is 2.44 bits per heavy atom. The number of likely N-dealkylation sites (tertiary alicyclic amines) is 1. The third-order valence-corrected chi connectivity index (χ3v) is 4.16. The number of hydrogen-bond donors (Lipinski definition) is 1. The quantitative estimate of drug-likeness (QED) is 0.885. The van der Waals surface area contributed by atoms with Crippen molar-refractivity contribution in [2.75, 3.05) is 13.1 Å². The van der Waals surface area contributed by atoms with Gasteiger partial charge in [0, 0.05) is 25.2 Å². The molecule has 0 saturated carbocycles. The summed E-state index contributed by atoms with van der Waals surface area (Å²) >= 11 is 0. The first kappa shape index (κ1) is 13.6. The fraction of sp³-hybridized carbons (Fsp3) is 0.625. The number of nitrogens with zero attached hydrogens (tertiary/aromatic N) is 1. The molecule has 2 heteroatoms. The number of nitrogens with two attached hydrogens (primary N) is 1. The van der Waals surface area contributed by atoms with Crippen LogP contribution in [0.4, 0.5) is 0 Å². The van der Waals surface area contributed by atoms with Gasteiger partial charge >= 0.3 is 0 Å². The molecule has 3 atom stereocenters. The van der Waals surface area contributed by atoms with Crippen LogP contribution in [0.2, 0.25) is 0 Å². The monoisotopic (exact) mass is 246 g/mol. The van der Waals surface area contributed by atoms with Crippen LogP contribution < -0.4 is 5.73 Å². The summed E-state index contributed by atoms with van der Waals surface area (Å²) in [5, 5.41) is 0. The molecule has 0 aliphatic carbocycles. The Bertz CT molecular complexity index is 371. The van der Waals surface area contributed by atoms with Crippen LogP contribution in [0.3, 0.4) is 0 Å². The van der Waals surface area contributed by atoms with Crippen LogP contribution in [0.5, 0.6) is 0 Å². The van der Waals surface area contributed by atoms with Crippen LogP contribution in [-0.2, 0) is 6.42 Å². The van der Waals surface area contributed by atoms with Crippen molar-refractivity contribution < 1.29 is 0 Å². The van der Waals surface area contributed by atoms with Crippen molar-refractivity contribution in [1.82, 2.24) is 4.90 Å². The number of benzene rings is 1. The minimum Gasteiger partial charge on any atom is -0.323 e. The smallest absolute Gasteiger partial charge is 0.0424 e. The molecule has 2 rings (SSSR count). The highest BCUT2D eigenvalue weighted by Gasteiger charge is 2.27. The van der Waals surface area contributed by atoms with Crippen LogP contribution in [0, 0.1) is 5.92 Å². The van der Waals surface area contributed by atoms with Crippen molar-refractivity contribution in [3.8, 4) is 0 Å². The van der Waals surface area contributed by atoms with Gasteiger partial charge in [-0.3, -0.25) is 4.90 Å². The Labute approximate surface area is 111 Å². The van der Waals surface area contributed by atoms with Gasteiger partial charge in [0.2, 0.25) is 0 Å². The van der Waals surface area contributed by atoms with E-state index in [-0.39, 0.29) is 6.04 Å². The van der Waals surface area contributed by atoms with Gasteiger partial charge in [0.15, 0.2) is 0 Å². The summed E-state index contributed by atoms with van der Waals surface area (Å²) in [5.74, 6) is 0.815. The first-order chi connectivity index (χ1) is 8.60. The van der Waals surface area contributed by atoms with E-state index in [0.717, 1.165) is 18.9 Å². The summed E-state index contributed by atoms with van der Waals surface area (Å²) in [4.78, 5) is 2.53. The second-order valence-electron chi connectivity index (χ2n) is 5.85. The topological polar surface area (TPSA) is 29.3 Å². The molecule has 0 aromatic heterocycles.